The van der Waals surface area contributed by atoms with Crippen LogP contribution in [-0.2, 0) is 6.42 Å². The number of nitrogens with zero attached hydrogens (tertiary/aromatic N) is 6. The number of anilines is 1. The van der Waals surface area contributed by atoms with Crippen LogP contribution < -0.4 is 4.90 Å². The van der Waals surface area contributed by atoms with Gasteiger partial charge in [0.15, 0.2) is 0 Å². The zero-order valence-corrected chi connectivity index (χ0v) is 23.0. The van der Waals surface area contributed by atoms with Crippen LogP contribution in [0.25, 0.3) is 9.53 Å². The molecular formula is C28H34N6S2. The number of thiophene rings is 1. The Morgan fingerprint density at radius 2 is 1.44 bits per heavy atom. The number of aryl methyl sites for hydroxylation is 1. The average Bonchev–Trinajstić information content (AvgIpc) is 3.47. The van der Waals surface area contributed by atoms with Gasteiger partial charge in [0.1, 0.15) is 9.83 Å². The van der Waals surface area contributed by atoms with E-state index >= 15 is 0 Å². The van der Waals surface area contributed by atoms with E-state index in [0.29, 0.717) is 5.13 Å². The number of hydrogen-bond acceptors (Lipinski definition) is 8. The molecule has 0 spiro atoms. The molecule has 0 fully saturated rings. The molecule has 0 N–H and O–H groups in total. The molecule has 2 aromatic carbocycles. The van der Waals surface area contributed by atoms with Gasteiger partial charge in [0.05, 0.1) is 16.1 Å². The van der Waals surface area contributed by atoms with Crippen molar-refractivity contribution >= 4 is 59.4 Å². The molecule has 8 heteroatoms. The zero-order chi connectivity index (χ0) is 25.2. The van der Waals surface area contributed by atoms with E-state index in [4.69, 9.17) is 0 Å². The first kappa shape index (κ1) is 26.1. The summed E-state index contributed by atoms with van der Waals surface area (Å²) in [6, 6.07) is 18.6. The summed E-state index contributed by atoms with van der Waals surface area (Å²) < 4.78 is 1.05. The number of azo groups is 2. The fourth-order valence-electron chi connectivity index (χ4n) is 3.80. The normalized spacial score (nSPS) is 11.9. The van der Waals surface area contributed by atoms with Crippen LogP contribution in [-0.4, -0.2) is 18.6 Å². The third-order valence-electron chi connectivity index (χ3n) is 5.97. The third-order valence-corrected chi connectivity index (χ3v) is 7.90. The second-order valence-electron chi connectivity index (χ2n) is 8.92. The quantitative estimate of drug-likeness (QED) is 0.130. The van der Waals surface area contributed by atoms with Gasteiger partial charge in [-0.3, -0.25) is 0 Å². The number of rotatable bonds is 13. The van der Waals surface area contributed by atoms with Gasteiger partial charge in [-0.1, -0.05) is 74.3 Å². The summed E-state index contributed by atoms with van der Waals surface area (Å²) in [5, 5.41) is 19.0. The van der Waals surface area contributed by atoms with Crippen LogP contribution in [0.1, 0.15) is 57.9 Å². The Morgan fingerprint density at radius 3 is 2.14 bits per heavy atom. The van der Waals surface area contributed by atoms with E-state index in [2.05, 4.69) is 75.5 Å². The first-order valence-corrected chi connectivity index (χ1v) is 14.4. The number of benzene rings is 2. The molecule has 0 bridgehead atoms. The molecule has 0 aliphatic heterocycles. The number of thiazole rings is 1. The van der Waals surface area contributed by atoms with E-state index in [1.165, 1.54) is 72.4 Å². The van der Waals surface area contributed by atoms with Crippen molar-refractivity contribution in [3.8, 4) is 0 Å². The summed E-state index contributed by atoms with van der Waals surface area (Å²) in [5.41, 5.74) is 4.24. The molecule has 0 saturated carbocycles. The van der Waals surface area contributed by atoms with Gasteiger partial charge in [-0.25, -0.2) is 4.98 Å². The molecule has 4 rings (SSSR count). The van der Waals surface area contributed by atoms with Crippen LogP contribution in [0.3, 0.4) is 0 Å². The minimum absolute atomic E-state index is 0.652. The van der Waals surface area contributed by atoms with Gasteiger partial charge in [-0.15, -0.1) is 20.5 Å². The van der Waals surface area contributed by atoms with Crippen molar-refractivity contribution in [1.82, 2.24) is 4.98 Å². The van der Waals surface area contributed by atoms with Gasteiger partial charge in [0.25, 0.3) is 0 Å². The van der Waals surface area contributed by atoms with Gasteiger partial charge >= 0.3 is 0 Å². The zero-order valence-electron chi connectivity index (χ0n) is 21.4. The van der Waals surface area contributed by atoms with Crippen molar-refractivity contribution < 1.29 is 0 Å². The highest BCUT2D eigenvalue weighted by molar-refractivity contribution is 7.30. The molecule has 0 saturated heterocycles. The van der Waals surface area contributed by atoms with Gasteiger partial charge in [0, 0.05) is 19.3 Å². The number of fused-ring (bicyclic) bond motifs is 1. The molecule has 0 amide bonds. The highest BCUT2D eigenvalue weighted by Crippen LogP contribution is 2.39. The third kappa shape index (κ3) is 7.51. The largest absolute Gasteiger partial charge is 0.375 e. The lowest BCUT2D eigenvalue weighted by atomic mass is 10.1. The van der Waals surface area contributed by atoms with Crippen molar-refractivity contribution in [2.24, 2.45) is 20.5 Å². The fraction of sp³-hybridized carbons (Fsp3) is 0.393. The molecular weight excluding hydrogens is 484 g/mol. The Balaban J connectivity index is 1.32. The Morgan fingerprint density at radius 1 is 0.750 bits per heavy atom. The Bertz CT molecular complexity index is 1240. The van der Waals surface area contributed by atoms with Gasteiger partial charge in [0.2, 0.25) is 5.13 Å². The summed E-state index contributed by atoms with van der Waals surface area (Å²) in [7, 11) is 2.14. The molecule has 188 valence electrons. The maximum absolute atomic E-state index is 4.60. The lowest BCUT2D eigenvalue weighted by molar-refractivity contribution is 0.661. The van der Waals surface area contributed by atoms with Crippen LogP contribution in [0.2, 0.25) is 0 Å². The van der Waals surface area contributed by atoms with E-state index in [9.17, 15) is 0 Å². The highest BCUT2D eigenvalue weighted by Gasteiger charge is 2.08. The summed E-state index contributed by atoms with van der Waals surface area (Å²) in [4.78, 5) is 7.81. The van der Waals surface area contributed by atoms with Crippen molar-refractivity contribution in [3.63, 3.8) is 0 Å². The molecule has 36 heavy (non-hydrogen) atoms. The molecule has 0 radical (unpaired) electrons. The lowest BCUT2D eigenvalue weighted by Crippen LogP contribution is -2.18. The Labute approximate surface area is 221 Å². The molecule has 0 unspecified atom stereocenters. The van der Waals surface area contributed by atoms with Gasteiger partial charge in [-0.05, 0) is 67.3 Å². The fourth-order valence-corrected chi connectivity index (χ4v) is 5.65. The first-order chi connectivity index (χ1) is 17.6. The van der Waals surface area contributed by atoms with Crippen molar-refractivity contribution in [2.75, 3.05) is 18.5 Å². The summed E-state index contributed by atoms with van der Waals surface area (Å²) in [5.74, 6) is 0. The number of unbranched alkanes of at least 4 members (excludes halogenated alkanes) is 4. The molecule has 2 aromatic heterocycles. The maximum Gasteiger partial charge on any atom is 0.231 e. The van der Waals surface area contributed by atoms with Crippen LogP contribution in [0.5, 0.6) is 0 Å². The Hall–Kier alpha value is -2.97. The van der Waals surface area contributed by atoms with E-state index < -0.39 is 0 Å². The van der Waals surface area contributed by atoms with Crippen LogP contribution in [0, 0.1) is 0 Å². The minimum Gasteiger partial charge on any atom is -0.375 e. The monoisotopic (exact) mass is 518 g/mol. The maximum atomic E-state index is 4.60. The molecule has 6 nitrogen and oxygen atoms in total. The van der Waals surface area contributed by atoms with Crippen LogP contribution in [0.4, 0.5) is 27.2 Å². The van der Waals surface area contributed by atoms with Gasteiger partial charge in [-0.2, -0.15) is 0 Å². The molecule has 2 heterocycles. The second kappa shape index (κ2) is 13.4. The topological polar surface area (TPSA) is 65.6 Å². The predicted octanol–water partition coefficient (Wildman–Crippen LogP) is 10.5. The highest BCUT2D eigenvalue weighted by atomic mass is 32.1. The smallest absolute Gasteiger partial charge is 0.231 e. The summed E-state index contributed by atoms with van der Waals surface area (Å²) in [6.07, 6.45) is 8.62. The molecule has 4 aromatic rings. The molecule has 0 atom stereocenters. The van der Waals surface area contributed by atoms with Crippen molar-refractivity contribution in [1.29, 1.82) is 0 Å². The second-order valence-corrected chi connectivity index (χ2v) is 10.9. The number of aromatic nitrogens is 1. The van der Waals surface area contributed by atoms with E-state index in [-0.39, 0.29) is 0 Å². The Kier molecular flexibility index (Phi) is 9.69. The SMILES string of the molecule is CCCCCCN(C)c1ccc(N=Nc2nc3sc(N=Nc4ccc(CCCC)cc4)cc3s2)cc1. The lowest BCUT2D eigenvalue weighted by Gasteiger charge is -2.19. The minimum atomic E-state index is 0.652. The van der Waals surface area contributed by atoms with E-state index in [1.54, 1.807) is 0 Å². The number of hydrogen-bond donors (Lipinski definition) is 0. The molecule has 0 aliphatic rings. The standard InChI is InChI=1S/C28H34N6S2/c1-4-6-8-9-19-34(3)24-17-15-23(16-18-24)31-33-28-29-27-25(35-28)20-26(36-27)32-30-22-13-11-21(12-14-22)10-7-5-2/h11-18,20H,4-10,19H2,1-3H3. The van der Waals surface area contributed by atoms with E-state index in [0.717, 1.165) is 38.9 Å². The van der Waals surface area contributed by atoms with Crippen LogP contribution in [0.15, 0.2) is 75.1 Å². The first-order valence-electron chi connectivity index (χ1n) is 12.8. The predicted molar refractivity (Wildman–Crippen MR) is 155 cm³/mol. The van der Waals surface area contributed by atoms with Gasteiger partial charge < -0.3 is 4.90 Å². The molecule has 0 aliphatic carbocycles. The van der Waals surface area contributed by atoms with Crippen molar-refractivity contribution in [2.45, 2.75) is 58.8 Å². The summed E-state index contributed by atoms with van der Waals surface area (Å²) in [6.45, 7) is 5.53. The van der Waals surface area contributed by atoms with Crippen LogP contribution >= 0.6 is 22.7 Å². The average molecular weight is 519 g/mol. The van der Waals surface area contributed by atoms with E-state index in [1.807, 2.05) is 30.3 Å². The van der Waals surface area contributed by atoms with Crippen molar-refractivity contribution in [3.05, 3.63) is 60.2 Å². The summed E-state index contributed by atoms with van der Waals surface area (Å²) >= 11 is 3.04.